The topological polar surface area (TPSA) is 9.23 Å². The van der Waals surface area contributed by atoms with E-state index in [1.807, 2.05) is 18.2 Å². The van der Waals surface area contributed by atoms with E-state index in [4.69, 9.17) is 4.74 Å². The number of halogens is 1. The molecule has 0 fully saturated rings. The predicted molar refractivity (Wildman–Crippen MR) is 57.7 cm³/mol. The molecule has 1 aromatic carbocycles. The molecule has 0 saturated carbocycles. The van der Waals surface area contributed by atoms with Gasteiger partial charge in [0.15, 0.2) is 5.82 Å². The minimum absolute atomic E-state index is 0.234. The van der Waals surface area contributed by atoms with Gasteiger partial charge in [-0.2, -0.15) is 0 Å². The molecule has 1 nitrogen and oxygen atoms in total. The van der Waals surface area contributed by atoms with E-state index in [1.54, 1.807) is 0 Å². The summed E-state index contributed by atoms with van der Waals surface area (Å²) in [4.78, 5) is 0. The molecule has 2 rings (SSSR count). The Morgan fingerprint density at radius 3 is 2.86 bits per heavy atom. The zero-order valence-corrected chi connectivity index (χ0v) is 8.95. The number of methoxy groups -OCH3 is 1. The third-order valence-corrected chi connectivity index (χ3v) is 3.36. The van der Waals surface area contributed by atoms with Gasteiger partial charge in [0.1, 0.15) is 0 Å². The highest BCUT2D eigenvalue weighted by Gasteiger charge is 2.12. The summed E-state index contributed by atoms with van der Waals surface area (Å²) in [7, 11) is 1.49. The van der Waals surface area contributed by atoms with Gasteiger partial charge < -0.3 is 4.74 Å². The molecule has 0 aliphatic carbocycles. The van der Waals surface area contributed by atoms with E-state index in [0.29, 0.717) is 10.4 Å². The molecule has 1 heterocycles. The maximum atomic E-state index is 13.6. The summed E-state index contributed by atoms with van der Waals surface area (Å²) in [5.74, 6) is -0.234. The number of ether oxygens (including phenoxy) is 1. The summed E-state index contributed by atoms with van der Waals surface area (Å²) in [6, 6.07) is 5.87. The second-order valence-corrected chi connectivity index (χ2v) is 4.11. The maximum absolute atomic E-state index is 13.6. The lowest BCUT2D eigenvalue weighted by Crippen LogP contribution is -1.82. The number of hydrogen-bond donors (Lipinski definition) is 0. The van der Waals surface area contributed by atoms with Crippen molar-refractivity contribution in [2.45, 2.75) is 13.3 Å². The van der Waals surface area contributed by atoms with Gasteiger partial charge in [-0.3, -0.25) is 0 Å². The number of thiophene rings is 1. The van der Waals surface area contributed by atoms with Crippen molar-refractivity contribution in [1.82, 2.24) is 0 Å². The highest BCUT2D eigenvalue weighted by molar-refractivity contribution is 7.20. The first kappa shape index (κ1) is 9.46. The van der Waals surface area contributed by atoms with Crippen LogP contribution < -0.4 is 4.74 Å². The molecule has 0 N–H and O–H groups in total. The normalized spacial score (nSPS) is 10.8. The van der Waals surface area contributed by atoms with Crippen molar-refractivity contribution < 1.29 is 9.13 Å². The van der Waals surface area contributed by atoms with Crippen molar-refractivity contribution in [2.75, 3.05) is 7.11 Å². The Morgan fingerprint density at radius 2 is 2.21 bits per heavy atom. The van der Waals surface area contributed by atoms with Gasteiger partial charge in [0, 0.05) is 10.1 Å². The first-order valence-electron chi connectivity index (χ1n) is 4.51. The minimum Gasteiger partial charge on any atom is -0.485 e. The number of fused-ring (bicyclic) bond motifs is 1. The second kappa shape index (κ2) is 3.58. The molecule has 14 heavy (non-hydrogen) atoms. The Hall–Kier alpha value is -1.09. The highest BCUT2D eigenvalue weighted by atomic mass is 32.1. The summed E-state index contributed by atoms with van der Waals surface area (Å²) < 4.78 is 19.5. The van der Waals surface area contributed by atoms with Crippen molar-refractivity contribution in [2.24, 2.45) is 0 Å². The first-order chi connectivity index (χ1) is 6.76. The van der Waals surface area contributed by atoms with Crippen LogP contribution in [0.5, 0.6) is 5.06 Å². The van der Waals surface area contributed by atoms with Crippen LogP contribution in [0.1, 0.15) is 12.5 Å². The third-order valence-electron chi connectivity index (χ3n) is 2.26. The van der Waals surface area contributed by atoms with Crippen LogP contribution in [0.15, 0.2) is 18.2 Å². The minimum atomic E-state index is -0.234. The molecular weight excluding hydrogens is 199 g/mol. The fraction of sp³-hybridized carbons (Fsp3) is 0.273. The SMILES string of the molecule is CCc1ccc2sc(OC)c(F)c2c1. The molecule has 0 aliphatic heterocycles. The summed E-state index contributed by atoms with van der Waals surface area (Å²) in [5, 5.41) is 1.04. The van der Waals surface area contributed by atoms with Crippen LogP contribution in [0, 0.1) is 5.82 Å². The van der Waals surface area contributed by atoms with E-state index < -0.39 is 0 Å². The van der Waals surface area contributed by atoms with E-state index >= 15 is 0 Å². The lowest BCUT2D eigenvalue weighted by molar-refractivity contribution is 0.402. The van der Waals surface area contributed by atoms with Gasteiger partial charge in [-0.1, -0.05) is 24.3 Å². The Kier molecular flexibility index (Phi) is 2.42. The number of benzene rings is 1. The van der Waals surface area contributed by atoms with Crippen molar-refractivity contribution in [3.63, 3.8) is 0 Å². The molecule has 0 spiro atoms. The van der Waals surface area contributed by atoms with E-state index in [0.717, 1.165) is 16.7 Å². The quantitative estimate of drug-likeness (QED) is 0.735. The summed E-state index contributed by atoms with van der Waals surface area (Å²) in [5.41, 5.74) is 1.15. The monoisotopic (exact) mass is 210 g/mol. The molecule has 0 saturated heterocycles. The van der Waals surface area contributed by atoms with Crippen LogP contribution in [-0.4, -0.2) is 7.11 Å². The van der Waals surface area contributed by atoms with E-state index in [1.165, 1.54) is 18.4 Å². The number of rotatable bonds is 2. The van der Waals surface area contributed by atoms with Crippen LogP contribution in [0.4, 0.5) is 4.39 Å². The first-order valence-corrected chi connectivity index (χ1v) is 5.32. The van der Waals surface area contributed by atoms with Crippen LogP contribution in [0.2, 0.25) is 0 Å². The third kappa shape index (κ3) is 1.38. The molecule has 0 atom stereocenters. The predicted octanol–water partition coefficient (Wildman–Crippen LogP) is 3.61. The largest absolute Gasteiger partial charge is 0.485 e. The lowest BCUT2D eigenvalue weighted by atomic mass is 10.1. The van der Waals surface area contributed by atoms with Gasteiger partial charge in [0.25, 0.3) is 0 Å². The molecule has 0 bridgehead atoms. The van der Waals surface area contributed by atoms with E-state index in [2.05, 4.69) is 6.92 Å². The Balaban J connectivity index is 2.68. The van der Waals surface area contributed by atoms with Gasteiger partial charge in [-0.15, -0.1) is 0 Å². The summed E-state index contributed by atoms with van der Waals surface area (Å²) >= 11 is 1.35. The van der Waals surface area contributed by atoms with E-state index in [9.17, 15) is 4.39 Å². The fourth-order valence-corrected chi connectivity index (χ4v) is 2.32. The Morgan fingerprint density at radius 1 is 1.43 bits per heavy atom. The van der Waals surface area contributed by atoms with Crippen LogP contribution in [-0.2, 0) is 6.42 Å². The summed E-state index contributed by atoms with van der Waals surface area (Å²) in [6.45, 7) is 2.06. The van der Waals surface area contributed by atoms with Crippen LogP contribution in [0.25, 0.3) is 10.1 Å². The van der Waals surface area contributed by atoms with Gasteiger partial charge in [-0.05, 0) is 24.1 Å². The Bertz CT molecular complexity index is 462. The Labute approximate surface area is 86.1 Å². The zero-order chi connectivity index (χ0) is 10.1. The molecule has 0 amide bonds. The molecular formula is C11H11FOS. The van der Waals surface area contributed by atoms with Crippen molar-refractivity contribution in [3.8, 4) is 5.06 Å². The van der Waals surface area contributed by atoms with Crippen molar-refractivity contribution in [1.29, 1.82) is 0 Å². The van der Waals surface area contributed by atoms with Gasteiger partial charge >= 0.3 is 0 Å². The lowest BCUT2D eigenvalue weighted by Gasteiger charge is -1.95. The molecule has 0 unspecified atom stereocenters. The van der Waals surface area contributed by atoms with Crippen molar-refractivity contribution >= 4 is 21.4 Å². The average Bonchev–Trinajstić information content (AvgIpc) is 2.55. The molecule has 3 heteroatoms. The number of aryl methyl sites for hydroxylation is 1. The second-order valence-electron chi connectivity index (χ2n) is 3.09. The van der Waals surface area contributed by atoms with Crippen LogP contribution in [0.3, 0.4) is 0 Å². The molecule has 1 aromatic heterocycles. The van der Waals surface area contributed by atoms with Gasteiger partial charge in [0.05, 0.1) is 7.11 Å². The molecule has 74 valence electrons. The summed E-state index contributed by atoms with van der Waals surface area (Å²) in [6.07, 6.45) is 0.924. The smallest absolute Gasteiger partial charge is 0.211 e. The maximum Gasteiger partial charge on any atom is 0.211 e. The molecule has 2 aromatic rings. The highest BCUT2D eigenvalue weighted by Crippen LogP contribution is 2.36. The van der Waals surface area contributed by atoms with Crippen molar-refractivity contribution in [3.05, 3.63) is 29.6 Å². The zero-order valence-electron chi connectivity index (χ0n) is 8.13. The molecule has 0 radical (unpaired) electrons. The fourth-order valence-electron chi connectivity index (χ4n) is 1.44. The average molecular weight is 210 g/mol. The van der Waals surface area contributed by atoms with Gasteiger partial charge in [-0.25, -0.2) is 4.39 Å². The van der Waals surface area contributed by atoms with Crippen LogP contribution >= 0.6 is 11.3 Å². The van der Waals surface area contributed by atoms with E-state index in [-0.39, 0.29) is 5.82 Å². The van der Waals surface area contributed by atoms with Gasteiger partial charge in [0.2, 0.25) is 5.06 Å². The number of hydrogen-bond acceptors (Lipinski definition) is 2. The molecule has 0 aliphatic rings. The standard InChI is InChI=1S/C11H11FOS/c1-3-7-4-5-9-8(6-7)10(12)11(13-2)14-9/h4-6H,3H2,1-2H3.